The fourth-order valence-corrected chi connectivity index (χ4v) is 2.79. The van der Waals surface area contributed by atoms with Gasteiger partial charge in [0.25, 0.3) is 5.91 Å². The summed E-state index contributed by atoms with van der Waals surface area (Å²) < 4.78 is 5.21. The molecule has 3 rings (SSSR count). The average Bonchev–Trinajstić information content (AvgIpc) is 2.60. The summed E-state index contributed by atoms with van der Waals surface area (Å²) in [4.78, 5) is 17.2. The molecule has 0 radical (unpaired) electrons. The predicted octanol–water partition coefficient (Wildman–Crippen LogP) is 3.62. The van der Waals surface area contributed by atoms with Gasteiger partial charge in [0.15, 0.2) is 0 Å². The van der Waals surface area contributed by atoms with E-state index in [1.165, 1.54) is 0 Å². The van der Waals surface area contributed by atoms with Crippen molar-refractivity contribution >= 4 is 16.8 Å². The molecule has 0 fully saturated rings. The van der Waals surface area contributed by atoms with E-state index < -0.39 is 0 Å². The van der Waals surface area contributed by atoms with Crippen LogP contribution in [0.25, 0.3) is 10.9 Å². The molecular formula is C20H20N2O2. The third-order valence-electron chi connectivity index (χ3n) is 3.95. The van der Waals surface area contributed by atoms with Gasteiger partial charge in [-0.25, -0.2) is 0 Å². The Bertz CT molecular complexity index is 874. The third-order valence-corrected chi connectivity index (χ3v) is 3.95. The van der Waals surface area contributed by atoms with Crippen molar-refractivity contribution in [1.29, 1.82) is 0 Å². The quantitative estimate of drug-likeness (QED) is 0.781. The minimum absolute atomic E-state index is 0.0936. The molecule has 0 bridgehead atoms. The van der Waals surface area contributed by atoms with Gasteiger partial charge >= 0.3 is 0 Å². The van der Waals surface area contributed by atoms with Crippen molar-refractivity contribution in [3.8, 4) is 0 Å². The second-order valence-electron chi connectivity index (χ2n) is 5.71. The summed E-state index contributed by atoms with van der Waals surface area (Å²) in [5.74, 6) is -0.0936. The minimum Gasteiger partial charge on any atom is -0.380 e. The maximum absolute atomic E-state index is 12.7. The first-order chi connectivity index (χ1) is 11.7. The molecule has 0 unspecified atom stereocenters. The smallest absolute Gasteiger partial charge is 0.252 e. The van der Waals surface area contributed by atoms with Gasteiger partial charge < -0.3 is 10.1 Å². The maximum Gasteiger partial charge on any atom is 0.252 e. The van der Waals surface area contributed by atoms with E-state index in [9.17, 15) is 4.79 Å². The summed E-state index contributed by atoms with van der Waals surface area (Å²) >= 11 is 0. The van der Waals surface area contributed by atoms with Crippen LogP contribution in [-0.2, 0) is 17.9 Å². The monoisotopic (exact) mass is 320 g/mol. The van der Waals surface area contributed by atoms with Gasteiger partial charge in [0.05, 0.1) is 17.7 Å². The second kappa shape index (κ2) is 7.23. The number of carbonyl (C=O) groups is 1. The van der Waals surface area contributed by atoms with Crippen LogP contribution in [0.4, 0.5) is 0 Å². The van der Waals surface area contributed by atoms with E-state index in [-0.39, 0.29) is 5.91 Å². The molecule has 1 aromatic heterocycles. The standard InChI is InChI=1S/C20H20N2O2/c1-14-11-18(17-9-5-6-10-19(17)22-14)20(23)21-12-15-7-3-4-8-16(15)13-24-2/h3-11H,12-13H2,1-2H3,(H,21,23). The normalized spacial score (nSPS) is 10.8. The summed E-state index contributed by atoms with van der Waals surface area (Å²) in [6.07, 6.45) is 0. The Morgan fingerprint density at radius 3 is 2.58 bits per heavy atom. The highest BCUT2D eigenvalue weighted by atomic mass is 16.5. The molecule has 4 heteroatoms. The van der Waals surface area contributed by atoms with Crippen LogP contribution in [0.5, 0.6) is 0 Å². The number of carbonyl (C=O) groups excluding carboxylic acids is 1. The van der Waals surface area contributed by atoms with Crippen LogP contribution in [-0.4, -0.2) is 18.0 Å². The number of amides is 1. The number of benzene rings is 2. The minimum atomic E-state index is -0.0936. The molecule has 0 aliphatic carbocycles. The maximum atomic E-state index is 12.7. The molecule has 2 aromatic carbocycles. The zero-order valence-electron chi connectivity index (χ0n) is 13.9. The third kappa shape index (κ3) is 3.44. The van der Waals surface area contributed by atoms with E-state index in [0.29, 0.717) is 18.7 Å². The number of hydrogen-bond acceptors (Lipinski definition) is 3. The van der Waals surface area contributed by atoms with Crippen molar-refractivity contribution in [2.75, 3.05) is 7.11 Å². The van der Waals surface area contributed by atoms with Crippen LogP contribution in [0.1, 0.15) is 27.2 Å². The molecule has 0 aliphatic heterocycles. The molecule has 0 aliphatic rings. The van der Waals surface area contributed by atoms with Crippen LogP contribution < -0.4 is 5.32 Å². The first kappa shape index (κ1) is 16.1. The van der Waals surface area contributed by atoms with Gasteiger partial charge in [-0.2, -0.15) is 0 Å². The number of pyridine rings is 1. The van der Waals surface area contributed by atoms with Crippen molar-refractivity contribution in [3.05, 3.63) is 77.0 Å². The van der Waals surface area contributed by atoms with E-state index in [0.717, 1.165) is 27.7 Å². The highest BCUT2D eigenvalue weighted by Crippen LogP contribution is 2.18. The molecule has 0 saturated carbocycles. The molecule has 0 saturated heterocycles. The Hall–Kier alpha value is -2.72. The Morgan fingerprint density at radius 1 is 1.08 bits per heavy atom. The number of fused-ring (bicyclic) bond motifs is 1. The molecule has 1 N–H and O–H groups in total. The van der Waals surface area contributed by atoms with E-state index >= 15 is 0 Å². The molecule has 1 heterocycles. The number of aromatic nitrogens is 1. The van der Waals surface area contributed by atoms with E-state index in [1.54, 1.807) is 7.11 Å². The Morgan fingerprint density at radius 2 is 1.79 bits per heavy atom. The number of hydrogen-bond donors (Lipinski definition) is 1. The SMILES string of the molecule is COCc1ccccc1CNC(=O)c1cc(C)nc2ccccc12. The summed E-state index contributed by atoms with van der Waals surface area (Å²) in [7, 11) is 1.67. The zero-order valence-corrected chi connectivity index (χ0v) is 13.9. The number of methoxy groups -OCH3 is 1. The summed E-state index contributed by atoms with van der Waals surface area (Å²) in [5, 5.41) is 3.88. The Balaban J connectivity index is 1.84. The highest BCUT2D eigenvalue weighted by Gasteiger charge is 2.12. The van der Waals surface area contributed by atoms with Gasteiger partial charge in [0.1, 0.15) is 0 Å². The number of ether oxygens (including phenoxy) is 1. The fraction of sp³-hybridized carbons (Fsp3) is 0.200. The van der Waals surface area contributed by atoms with Crippen LogP contribution in [0.2, 0.25) is 0 Å². The van der Waals surface area contributed by atoms with Crippen LogP contribution in [0.3, 0.4) is 0 Å². The Kier molecular flexibility index (Phi) is 4.87. The number of rotatable bonds is 5. The van der Waals surface area contributed by atoms with Gasteiger partial charge in [-0.05, 0) is 30.2 Å². The lowest BCUT2D eigenvalue weighted by Gasteiger charge is -2.12. The van der Waals surface area contributed by atoms with Gasteiger partial charge in [-0.15, -0.1) is 0 Å². The zero-order chi connectivity index (χ0) is 16.9. The fourth-order valence-electron chi connectivity index (χ4n) is 2.79. The number of nitrogens with one attached hydrogen (secondary N) is 1. The van der Waals surface area contributed by atoms with Crippen molar-refractivity contribution in [3.63, 3.8) is 0 Å². The summed E-state index contributed by atoms with van der Waals surface area (Å²) in [6.45, 7) is 2.90. The molecule has 122 valence electrons. The largest absolute Gasteiger partial charge is 0.380 e. The molecule has 1 amide bonds. The summed E-state index contributed by atoms with van der Waals surface area (Å²) in [6, 6.07) is 17.5. The van der Waals surface area contributed by atoms with E-state index in [2.05, 4.69) is 10.3 Å². The van der Waals surface area contributed by atoms with Gasteiger partial charge in [0, 0.05) is 24.7 Å². The van der Waals surface area contributed by atoms with E-state index in [4.69, 9.17) is 4.74 Å². The molecule has 0 atom stereocenters. The second-order valence-corrected chi connectivity index (χ2v) is 5.71. The van der Waals surface area contributed by atoms with Crippen molar-refractivity contribution in [2.45, 2.75) is 20.1 Å². The van der Waals surface area contributed by atoms with E-state index in [1.807, 2.05) is 61.5 Å². The summed E-state index contributed by atoms with van der Waals surface area (Å²) in [5.41, 5.74) is 4.46. The number of para-hydroxylation sites is 1. The van der Waals surface area contributed by atoms with Crippen LogP contribution in [0, 0.1) is 6.92 Å². The van der Waals surface area contributed by atoms with Crippen molar-refractivity contribution in [2.24, 2.45) is 0 Å². The van der Waals surface area contributed by atoms with Crippen molar-refractivity contribution < 1.29 is 9.53 Å². The topological polar surface area (TPSA) is 51.2 Å². The van der Waals surface area contributed by atoms with Crippen molar-refractivity contribution in [1.82, 2.24) is 10.3 Å². The first-order valence-electron chi connectivity index (χ1n) is 7.89. The van der Waals surface area contributed by atoms with Crippen LogP contribution >= 0.6 is 0 Å². The lowest BCUT2D eigenvalue weighted by Crippen LogP contribution is -2.24. The lowest BCUT2D eigenvalue weighted by molar-refractivity contribution is 0.0952. The predicted molar refractivity (Wildman–Crippen MR) is 94.8 cm³/mol. The van der Waals surface area contributed by atoms with Gasteiger partial charge in [0.2, 0.25) is 0 Å². The molecule has 24 heavy (non-hydrogen) atoms. The molecule has 0 spiro atoms. The molecule has 4 nitrogen and oxygen atoms in total. The molecular weight excluding hydrogens is 300 g/mol. The highest BCUT2D eigenvalue weighted by molar-refractivity contribution is 6.06. The lowest BCUT2D eigenvalue weighted by atomic mass is 10.1. The number of aryl methyl sites for hydroxylation is 1. The Labute approximate surface area is 141 Å². The van der Waals surface area contributed by atoms with Crippen LogP contribution in [0.15, 0.2) is 54.6 Å². The average molecular weight is 320 g/mol. The number of nitrogens with zero attached hydrogens (tertiary/aromatic N) is 1. The molecule has 3 aromatic rings. The van der Waals surface area contributed by atoms with Gasteiger partial charge in [-0.3, -0.25) is 9.78 Å². The van der Waals surface area contributed by atoms with Gasteiger partial charge in [-0.1, -0.05) is 42.5 Å². The first-order valence-corrected chi connectivity index (χ1v) is 7.89.